The molecule has 2 atom stereocenters. The molecule has 0 heterocycles. The summed E-state index contributed by atoms with van der Waals surface area (Å²) in [6, 6.07) is 0. The highest BCUT2D eigenvalue weighted by atomic mass is 16.6. The van der Waals surface area contributed by atoms with Crippen LogP contribution in [0.2, 0.25) is 0 Å². The Hall–Kier alpha value is -1.59. The first-order chi connectivity index (χ1) is 35.8. The Balaban J connectivity index is 4.29. The van der Waals surface area contributed by atoms with E-state index in [9.17, 15) is 14.4 Å². The van der Waals surface area contributed by atoms with Gasteiger partial charge in [-0.05, 0) is 31.1 Å². The molecule has 0 spiro atoms. The van der Waals surface area contributed by atoms with Gasteiger partial charge < -0.3 is 14.2 Å². The van der Waals surface area contributed by atoms with E-state index in [1.807, 2.05) is 0 Å². The Morgan fingerprint density at radius 1 is 0.288 bits per heavy atom. The lowest BCUT2D eigenvalue weighted by Crippen LogP contribution is -2.30. The quantitative estimate of drug-likeness (QED) is 0.0343. The molecule has 0 saturated heterocycles. The summed E-state index contributed by atoms with van der Waals surface area (Å²) in [6.45, 7) is 11.5. The number of rotatable bonds is 61. The van der Waals surface area contributed by atoms with Crippen LogP contribution in [0, 0.1) is 11.8 Å². The van der Waals surface area contributed by atoms with Crippen molar-refractivity contribution >= 4 is 17.9 Å². The molecular weight excluding hydrogens is 901 g/mol. The molecule has 0 aliphatic carbocycles. The van der Waals surface area contributed by atoms with E-state index in [0.717, 1.165) is 69.6 Å². The molecule has 434 valence electrons. The molecule has 1 unspecified atom stereocenters. The van der Waals surface area contributed by atoms with Gasteiger partial charge in [-0.25, -0.2) is 0 Å². The van der Waals surface area contributed by atoms with E-state index in [1.165, 1.54) is 270 Å². The van der Waals surface area contributed by atoms with Crippen LogP contribution in [-0.4, -0.2) is 37.2 Å². The molecule has 73 heavy (non-hydrogen) atoms. The fraction of sp³-hybridized carbons (Fsp3) is 0.955. The summed E-state index contributed by atoms with van der Waals surface area (Å²) < 4.78 is 17.0. The van der Waals surface area contributed by atoms with Crippen molar-refractivity contribution in [1.29, 1.82) is 0 Å². The van der Waals surface area contributed by atoms with Gasteiger partial charge in [0, 0.05) is 19.3 Å². The fourth-order valence-electron chi connectivity index (χ4n) is 10.4. The molecule has 0 aromatic heterocycles. The molecule has 0 aliphatic rings. The highest BCUT2D eigenvalue weighted by molar-refractivity contribution is 5.71. The molecule has 6 nitrogen and oxygen atoms in total. The summed E-state index contributed by atoms with van der Waals surface area (Å²) in [5.74, 6) is 0.921. The van der Waals surface area contributed by atoms with E-state index in [1.54, 1.807) is 0 Å². The second kappa shape index (κ2) is 59.7. The Kier molecular flexibility index (Phi) is 58.4. The van der Waals surface area contributed by atoms with Crippen molar-refractivity contribution in [1.82, 2.24) is 0 Å². The predicted octanol–water partition coefficient (Wildman–Crippen LogP) is 22.4. The zero-order valence-electron chi connectivity index (χ0n) is 50.3. The van der Waals surface area contributed by atoms with Crippen LogP contribution in [-0.2, 0) is 28.6 Å². The number of ether oxygens (including phenoxy) is 3. The maximum absolute atomic E-state index is 12.9. The summed E-state index contributed by atoms with van der Waals surface area (Å²) in [6.07, 6.45) is 66.7. The van der Waals surface area contributed by atoms with E-state index in [4.69, 9.17) is 14.2 Å². The molecule has 0 aliphatic heterocycles. The maximum Gasteiger partial charge on any atom is 0.306 e. The SMILES string of the molecule is CCCCCCCCCCCCCCCCCCCCC(=O)O[C@@H](COC(=O)CCCCCCCCCCCCCCCCCCC(C)C)COC(=O)CCCCCCCCCCCCCCCCC(C)CC. The topological polar surface area (TPSA) is 78.9 Å². The Labute approximate surface area is 457 Å². The van der Waals surface area contributed by atoms with Gasteiger partial charge in [0.1, 0.15) is 13.2 Å². The summed E-state index contributed by atoms with van der Waals surface area (Å²) in [5.41, 5.74) is 0. The minimum absolute atomic E-state index is 0.0616. The van der Waals surface area contributed by atoms with Crippen molar-refractivity contribution in [3.8, 4) is 0 Å². The van der Waals surface area contributed by atoms with Gasteiger partial charge in [-0.15, -0.1) is 0 Å². The van der Waals surface area contributed by atoms with Gasteiger partial charge in [0.25, 0.3) is 0 Å². The first-order valence-electron chi connectivity index (χ1n) is 33.3. The van der Waals surface area contributed by atoms with Gasteiger partial charge in [-0.3, -0.25) is 14.4 Å². The number of carbonyl (C=O) groups is 3. The summed E-state index contributed by atoms with van der Waals surface area (Å²) in [4.78, 5) is 38.4. The van der Waals surface area contributed by atoms with Gasteiger partial charge in [-0.2, -0.15) is 0 Å². The Morgan fingerprint density at radius 3 is 0.781 bits per heavy atom. The van der Waals surface area contributed by atoms with Crippen molar-refractivity contribution in [2.45, 2.75) is 387 Å². The summed E-state index contributed by atoms with van der Waals surface area (Å²) in [7, 11) is 0. The largest absolute Gasteiger partial charge is 0.462 e. The molecule has 0 fully saturated rings. The van der Waals surface area contributed by atoms with E-state index in [0.29, 0.717) is 19.3 Å². The number of hydrogen-bond acceptors (Lipinski definition) is 6. The first kappa shape index (κ1) is 71.4. The van der Waals surface area contributed by atoms with Crippen molar-refractivity contribution in [2.75, 3.05) is 13.2 Å². The fourth-order valence-corrected chi connectivity index (χ4v) is 10.4. The average Bonchev–Trinajstić information content (AvgIpc) is 3.38. The molecule has 6 heteroatoms. The van der Waals surface area contributed by atoms with Crippen molar-refractivity contribution in [3.05, 3.63) is 0 Å². The number of hydrogen-bond donors (Lipinski definition) is 0. The molecule has 0 amide bonds. The third-order valence-electron chi connectivity index (χ3n) is 15.8. The second-order valence-corrected chi connectivity index (χ2v) is 23.8. The van der Waals surface area contributed by atoms with E-state index in [-0.39, 0.29) is 31.1 Å². The lowest BCUT2D eigenvalue weighted by atomic mass is 9.99. The van der Waals surface area contributed by atoms with E-state index in [2.05, 4.69) is 34.6 Å². The second-order valence-electron chi connectivity index (χ2n) is 23.8. The number of carbonyl (C=O) groups excluding carboxylic acids is 3. The standard InChI is InChI=1S/C67H130O6/c1-6-8-9-10-11-12-13-14-15-16-17-22-29-34-39-44-49-54-59-67(70)73-64(61-72-66(69)58-53-48-43-38-33-28-24-23-26-31-36-41-46-51-56-63(5)7-2)60-71-65(68)57-52-47-42-37-32-27-21-19-18-20-25-30-35-40-45-50-55-62(3)4/h62-64H,6-61H2,1-5H3/t63?,64-/m0/s1. The van der Waals surface area contributed by atoms with Crippen LogP contribution in [0.1, 0.15) is 381 Å². The highest BCUT2D eigenvalue weighted by Gasteiger charge is 2.19. The Morgan fingerprint density at radius 2 is 0.521 bits per heavy atom. The molecular formula is C67H130O6. The summed E-state index contributed by atoms with van der Waals surface area (Å²) in [5, 5.41) is 0. The number of esters is 3. The van der Waals surface area contributed by atoms with Crippen LogP contribution in [0.4, 0.5) is 0 Å². The van der Waals surface area contributed by atoms with Crippen LogP contribution in [0.3, 0.4) is 0 Å². The Bertz CT molecular complexity index is 1120. The summed E-state index contributed by atoms with van der Waals surface area (Å²) >= 11 is 0. The van der Waals surface area contributed by atoms with Crippen molar-refractivity contribution in [3.63, 3.8) is 0 Å². The number of unbranched alkanes of at least 4 members (excludes halogenated alkanes) is 45. The van der Waals surface area contributed by atoms with Crippen LogP contribution < -0.4 is 0 Å². The highest BCUT2D eigenvalue weighted by Crippen LogP contribution is 2.20. The molecule has 0 N–H and O–H groups in total. The third-order valence-corrected chi connectivity index (χ3v) is 15.8. The van der Waals surface area contributed by atoms with Crippen LogP contribution in [0.15, 0.2) is 0 Å². The first-order valence-corrected chi connectivity index (χ1v) is 33.3. The van der Waals surface area contributed by atoms with Gasteiger partial charge in [0.15, 0.2) is 6.10 Å². The zero-order valence-corrected chi connectivity index (χ0v) is 50.3. The molecule has 0 rings (SSSR count). The molecule has 0 saturated carbocycles. The van der Waals surface area contributed by atoms with Gasteiger partial charge in [-0.1, -0.05) is 343 Å². The van der Waals surface area contributed by atoms with Gasteiger partial charge in [0.05, 0.1) is 0 Å². The van der Waals surface area contributed by atoms with Crippen LogP contribution in [0.25, 0.3) is 0 Å². The lowest BCUT2D eigenvalue weighted by Gasteiger charge is -2.18. The zero-order chi connectivity index (χ0) is 53.2. The van der Waals surface area contributed by atoms with Crippen LogP contribution in [0.5, 0.6) is 0 Å². The molecule has 0 aromatic rings. The molecule has 0 aromatic carbocycles. The van der Waals surface area contributed by atoms with Crippen molar-refractivity contribution < 1.29 is 28.6 Å². The van der Waals surface area contributed by atoms with E-state index >= 15 is 0 Å². The lowest BCUT2D eigenvalue weighted by molar-refractivity contribution is -0.167. The van der Waals surface area contributed by atoms with Crippen molar-refractivity contribution in [2.24, 2.45) is 11.8 Å². The minimum atomic E-state index is -0.764. The third kappa shape index (κ3) is 59.5. The molecule has 0 radical (unpaired) electrons. The smallest absolute Gasteiger partial charge is 0.306 e. The average molecular weight is 1030 g/mol. The minimum Gasteiger partial charge on any atom is -0.462 e. The van der Waals surface area contributed by atoms with Gasteiger partial charge >= 0.3 is 17.9 Å². The predicted molar refractivity (Wildman–Crippen MR) is 316 cm³/mol. The van der Waals surface area contributed by atoms with E-state index < -0.39 is 6.10 Å². The van der Waals surface area contributed by atoms with Crippen LogP contribution >= 0.6 is 0 Å². The molecule has 0 bridgehead atoms. The monoisotopic (exact) mass is 1030 g/mol. The normalized spacial score (nSPS) is 12.4. The van der Waals surface area contributed by atoms with Gasteiger partial charge in [0.2, 0.25) is 0 Å². The maximum atomic E-state index is 12.9.